The van der Waals surface area contributed by atoms with E-state index >= 15 is 0 Å². The molecule has 4 heteroatoms. The summed E-state index contributed by atoms with van der Waals surface area (Å²) >= 11 is 7.19. The molecule has 1 atom stereocenters. The third-order valence-corrected chi connectivity index (χ3v) is 5.56. The van der Waals surface area contributed by atoms with Gasteiger partial charge in [-0.25, -0.2) is 0 Å². The first kappa shape index (κ1) is 14.1. The molecule has 0 saturated carbocycles. The van der Waals surface area contributed by atoms with Crippen LogP contribution in [-0.2, 0) is 0 Å². The van der Waals surface area contributed by atoms with Crippen LogP contribution >= 0.6 is 39.0 Å². The smallest absolute Gasteiger partial charge is 0.0510 e. The first-order chi connectivity index (χ1) is 8.70. The van der Waals surface area contributed by atoms with Crippen LogP contribution in [-0.4, -0.2) is 12.8 Å². The Balaban J connectivity index is 2.00. The van der Waals surface area contributed by atoms with Gasteiger partial charge in [-0.1, -0.05) is 15.9 Å². The SMILES string of the molecule is CNC(CSc1ccc(Br)cc1)c1sccc1C. The normalized spacial score (nSPS) is 12.6. The molecule has 2 aromatic rings. The maximum atomic E-state index is 3.46. The summed E-state index contributed by atoms with van der Waals surface area (Å²) in [6, 6.07) is 11.1. The number of thioether (sulfide) groups is 1. The summed E-state index contributed by atoms with van der Waals surface area (Å²) in [7, 11) is 2.03. The minimum absolute atomic E-state index is 0.429. The molecular weight excluding hydrogens is 326 g/mol. The van der Waals surface area contributed by atoms with Gasteiger partial charge < -0.3 is 5.32 Å². The van der Waals surface area contributed by atoms with Crippen molar-refractivity contribution in [2.75, 3.05) is 12.8 Å². The highest BCUT2D eigenvalue weighted by Crippen LogP contribution is 2.29. The molecule has 0 aliphatic rings. The van der Waals surface area contributed by atoms with E-state index in [1.807, 2.05) is 30.1 Å². The van der Waals surface area contributed by atoms with Crippen LogP contribution in [0.5, 0.6) is 0 Å². The zero-order valence-corrected chi connectivity index (χ0v) is 13.7. The molecule has 1 nitrogen and oxygen atoms in total. The lowest BCUT2D eigenvalue weighted by Crippen LogP contribution is -2.18. The van der Waals surface area contributed by atoms with E-state index in [1.54, 1.807) is 0 Å². The lowest BCUT2D eigenvalue weighted by atomic mass is 10.2. The molecule has 1 aromatic carbocycles. The van der Waals surface area contributed by atoms with E-state index in [0.29, 0.717) is 6.04 Å². The standard InChI is InChI=1S/C14H16BrNS2/c1-10-7-8-17-14(10)13(16-2)9-18-12-5-3-11(15)4-6-12/h3-8,13,16H,9H2,1-2H3. The average Bonchev–Trinajstić information content (AvgIpc) is 2.79. The number of hydrogen-bond donors (Lipinski definition) is 1. The van der Waals surface area contributed by atoms with Gasteiger partial charge in [-0.2, -0.15) is 0 Å². The predicted octanol–water partition coefficient (Wildman–Crippen LogP) is 4.87. The van der Waals surface area contributed by atoms with E-state index < -0.39 is 0 Å². The molecule has 0 fully saturated rings. The van der Waals surface area contributed by atoms with Gasteiger partial charge in [-0.15, -0.1) is 23.1 Å². The molecule has 1 unspecified atom stereocenters. The highest BCUT2D eigenvalue weighted by Gasteiger charge is 2.13. The van der Waals surface area contributed by atoms with Crippen LogP contribution in [0.25, 0.3) is 0 Å². The zero-order chi connectivity index (χ0) is 13.0. The van der Waals surface area contributed by atoms with Crippen LogP contribution in [0.15, 0.2) is 45.1 Å². The van der Waals surface area contributed by atoms with Crippen molar-refractivity contribution in [1.82, 2.24) is 5.32 Å². The van der Waals surface area contributed by atoms with Crippen molar-refractivity contribution in [1.29, 1.82) is 0 Å². The molecule has 0 aliphatic heterocycles. The molecule has 1 N–H and O–H groups in total. The van der Waals surface area contributed by atoms with E-state index in [9.17, 15) is 0 Å². The minimum Gasteiger partial charge on any atom is -0.312 e. The Morgan fingerprint density at radius 3 is 2.56 bits per heavy atom. The van der Waals surface area contributed by atoms with Crippen molar-refractivity contribution < 1.29 is 0 Å². The Hall–Kier alpha value is -0.290. The van der Waals surface area contributed by atoms with E-state index in [2.05, 4.69) is 63.9 Å². The maximum Gasteiger partial charge on any atom is 0.0510 e. The molecule has 0 spiro atoms. The van der Waals surface area contributed by atoms with Crippen LogP contribution in [0.4, 0.5) is 0 Å². The number of hydrogen-bond acceptors (Lipinski definition) is 3. The fourth-order valence-electron chi connectivity index (χ4n) is 1.74. The van der Waals surface area contributed by atoms with Gasteiger partial charge in [0.05, 0.1) is 6.04 Å². The molecule has 0 saturated heterocycles. The summed E-state index contributed by atoms with van der Waals surface area (Å²) in [5, 5.41) is 5.57. The number of rotatable bonds is 5. The van der Waals surface area contributed by atoms with Crippen molar-refractivity contribution in [2.45, 2.75) is 17.9 Å². The molecule has 1 heterocycles. The fraction of sp³-hybridized carbons (Fsp3) is 0.286. The molecule has 0 radical (unpaired) electrons. The predicted molar refractivity (Wildman–Crippen MR) is 85.7 cm³/mol. The lowest BCUT2D eigenvalue weighted by molar-refractivity contribution is 0.670. The van der Waals surface area contributed by atoms with Crippen molar-refractivity contribution in [3.63, 3.8) is 0 Å². The number of benzene rings is 1. The molecule has 1 aromatic heterocycles. The van der Waals surface area contributed by atoms with Gasteiger partial charge in [0.1, 0.15) is 0 Å². The Kier molecular flexibility index (Phi) is 5.30. The number of halogens is 1. The molecule has 0 amide bonds. The van der Waals surface area contributed by atoms with Gasteiger partial charge in [0.15, 0.2) is 0 Å². The van der Waals surface area contributed by atoms with E-state index in [-0.39, 0.29) is 0 Å². The molecule has 96 valence electrons. The second-order valence-corrected chi connectivity index (χ2v) is 7.03. The third kappa shape index (κ3) is 3.60. The molecule has 0 bridgehead atoms. The first-order valence-electron chi connectivity index (χ1n) is 5.80. The first-order valence-corrected chi connectivity index (χ1v) is 8.46. The van der Waals surface area contributed by atoms with Crippen molar-refractivity contribution >= 4 is 39.0 Å². The summed E-state index contributed by atoms with van der Waals surface area (Å²) in [6.07, 6.45) is 0. The van der Waals surface area contributed by atoms with Gasteiger partial charge in [0.2, 0.25) is 0 Å². The fourth-order valence-corrected chi connectivity index (χ4v) is 4.17. The maximum absolute atomic E-state index is 3.46. The molecule has 2 rings (SSSR count). The topological polar surface area (TPSA) is 12.0 Å². The van der Waals surface area contributed by atoms with Gasteiger partial charge in [-0.05, 0) is 55.2 Å². The van der Waals surface area contributed by atoms with Gasteiger partial charge in [0.25, 0.3) is 0 Å². The van der Waals surface area contributed by atoms with Crippen LogP contribution < -0.4 is 5.32 Å². The summed E-state index contributed by atoms with van der Waals surface area (Å²) < 4.78 is 1.13. The quantitative estimate of drug-likeness (QED) is 0.778. The summed E-state index contributed by atoms with van der Waals surface area (Å²) in [5.41, 5.74) is 1.38. The average molecular weight is 342 g/mol. The van der Waals surface area contributed by atoms with Crippen molar-refractivity contribution in [3.8, 4) is 0 Å². The highest BCUT2D eigenvalue weighted by atomic mass is 79.9. The minimum atomic E-state index is 0.429. The second-order valence-electron chi connectivity index (χ2n) is 4.07. The van der Waals surface area contributed by atoms with Gasteiger partial charge in [-0.3, -0.25) is 0 Å². The van der Waals surface area contributed by atoms with E-state index in [0.717, 1.165) is 10.2 Å². The Morgan fingerprint density at radius 1 is 1.28 bits per heavy atom. The summed E-state index contributed by atoms with van der Waals surface area (Å²) in [4.78, 5) is 2.76. The third-order valence-electron chi connectivity index (χ3n) is 2.80. The van der Waals surface area contributed by atoms with Crippen LogP contribution in [0.1, 0.15) is 16.5 Å². The molecular formula is C14H16BrNS2. The van der Waals surface area contributed by atoms with Crippen molar-refractivity contribution in [3.05, 3.63) is 50.6 Å². The Bertz CT molecular complexity index is 493. The Labute approximate surface area is 125 Å². The number of aryl methyl sites for hydroxylation is 1. The van der Waals surface area contributed by atoms with Gasteiger partial charge in [0, 0.05) is 20.0 Å². The summed E-state index contributed by atoms with van der Waals surface area (Å²) in [6.45, 7) is 2.18. The lowest BCUT2D eigenvalue weighted by Gasteiger charge is -2.15. The largest absolute Gasteiger partial charge is 0.312 e. The molecule has 0 aliphatic carbocycles. The summed E-state index contributed by atoms with van der Waals surface area (Å²) in [5.74, 6) is 1.06. The Morgan fingerprint density at radius 2 is 2.00 bits per heavy atom. The number of nitrogens with one attached hydrogen (secondary N) is 1. The van der Waals surface area contributed by atoms with Gasteiger partial charge >= 0.3 is 0 Å². The monoisotopic (exact) mass is 341 g/mol. The van der Waals surface area contributed by atoms with Crippen LogP contribution in [0.3, 0.4) is 0 Å². The zero-order valence-electron chi connectivity index (χ0n) is 10.4. The highest BCUT2D eigenvalue weighted by molar-refractivity contribution is 9.10. The number of thiophene rings is 1. The van der Waals surface area contributed by atoms with E-state index in [4.69, 9.17) is 0 Å². The second kappa shape index (κ2) is 6.75. The van der Waals surface area contributed by atoms with Crippen LogP contribution in [0, 0.1) is 6.92 Å². The van der Waals surface area contributed by atoms with Crippen molar-refractivity contribution in [2.24, 2.45) is 0 Å². The van der Waals surface area contributed by atoms with E-state index in [1.165, 1.54) is 15.3 Å². The van der Waals surface area contributed by atoms with Crippen LogP contribution in [0.2, 0.25) is 0 Å². The molecule has 18 heavy (non-hydrogen) atoms.